The topological polar surface area (TPSA) is 96.7 Å². The van der Waals surface area contributed by atoms with Crippen molar-refractivity contribution in [3.63, 3.8) is 0 Å². The van der Waals surface area contributed by atoms with E-state index >= 15 is 0 Å². The van der Waals surface area contributed by atoms with E-state index < -0.39 is 17.6 Å². The molecule has 11 heteroatoms. The molecule has 0 saturated carbocycles. The quantitative estimate of drug-likeness (QED) is 0.736. The minimum absolute atomic E-state index is 0.0470. The Bertz CT molecular complexity index is 691. The number of nitrogens with zero attached hydrogens (tertiary/aromatic N) is 2. The van der Waals surface area contributed by atoms with Crippen LogP contribution in [-0.2, 0) is 11.0 Å². The van der Waals surface area contributed by atoms with Gasteiger partial charge in [-0.3, -0.25) is 4.79 Å². The molecule has 0 aliphatic carbocycles. The van der Waals surface area contributed by atoms with Crippen molar-refractivity contribution in [1.29, 1.82) is 0 Å². The SMILES string of the molecule is Nc1nc(SCC(=O)Nc2ccc(C(F)(F)F)cc2Cl)n[nH]1. The highest BCUT2D eigenvalue weighted by Crippen LogP contribution is 2.33. The number of thioether (sulfide) groups is 1. The second kappa shape index (κ2) is 6.44. The summed E-state index contributed by atoms with van der Waals surface area (Å²) in [6, 6.07) is 2.68. The lowest BCUT2D eigenvalue weighted by atomic mass is 10.2. The second-order valence-electron chi connectivity index (χ2n) is 4.03. The molecule has 0 aliphatic rings. The summed E-state index contributed by atoms with van der Waals surface area (Å²) < 4.78 is 37.5. The smallest absolute Gasteiger partial charge is 0.368 e. The van der Waals surface area contributed by atoms with Crippen LogP contribution in [0.4, 0.5) is 24.8 Å². The predicted molar refractivity (Wildman–Crippen MR) is 76.6 cm³/mol. The Hall–Kier alpha value is -1.94. The van der Waals surface area contributed by atoms with Crippen molar-refractivity contribution in [2.24, 2.45) is 0 Å². The summed E-state index contributed by atoms with van der Waals surface area (Å²) in [5.74, 6) is -0.391. The van der Waals surface area contributed by atoms with Crippen LogP contribution in [0.3, 0.4) is 0 Å². The lowest BCUT2D eigenvalue weighted by Gasteiger charge is -2.10. The Kier molecular flexibility index (Phi) is 4.81. The van der Waals surface area contributed by atoms with E-state index in [2.05, 4.69) is 20.5 Å². The van der Waals surface area contributed by atoms with E-state index in [0.717, 1.165) is 30.0 Å². The number of rotatable bonds is 4. The molecule has 0 radical (unpaired) electrons. The number of anilines is 2. The van der Waals surface area contributed by atoms with Crippen molar-refractivity contribution in [1.82, 2.24) is 15.2 Å². The number of nitrogen functional groups attached to an aromatic ring is 1. The first-order valence-corrected chi connectivity index (χ1v) is 7.09. The van der Waals surface area contributed by atoms with Gasteiger partial charge in [0.05, 0.1) is 22.0 Å². The highest BCUT2D eigenvalue weighted by molar-refractivity contribution is 7.99. The van der Waals surface area contributed by atoms with Crippen molar-refractivity contribution in [3.8, 4) is 0 Å². The van der Waals surface area contributed by atoms with E-state index in [0.29, 0.717) is 0 Å². The van der Waals surface area contributed by atoms with Gasteiger partial charge in [-0.2, -0.15) is 18.2 Å². The van der Waals surface area contributed by atoms with Crippen LogP contribution < -0.4 is 11.1 Å². The van der Waals surface area contributed by atoms with E-state index in [1.54, 1.807) is 0 Å². The van der Waals surface area contributed by atoms with Gasteiger partial charge in [-0.15, -0.1) is 5.10 Å². The number of halogens is 4. The molecule has 0 bridgehead atoms. The number of H-pyrrole nitrogens is 1. The molecule has 2 aromatic rings. The normalized spacial score (nSPS) is 11.5. The number of alkyl halides is 3. The summed E-state index contributed by atoms with van der Waals surface area (Å²) in [5.41, 5.74) is 4.53. The number of nitrogens with one attached hydrogen (secondary N) is 2. The zero-order valence-corrected chi connectivity index (χ0v) is 12.3. The summed E-state index contributed by atoms with van der Waals surface area (Å²) in [4.78, 5) is 15.5. The van der Waals surface area contributed by atoms with Crippen LogP contribution in [0.25, 0.3) is 0 Å². The predicted octanol–water partition coefficient (Wildman–Crippen LogP) is 2.79. The molecular weight excluding hydrogens is 343 g/mol. The van der Waals surface area contributed by atoms with Gasteiger partial charge in [0.15, 0.2) is 0 Å². The first-order chi connectivity index (χ1) is 10.3. The van der Waals surface area contributed by atoms with Gasteiger partial charge in [0.2, 0.25) is 17.0 Å². The molecule has 4 N–H and O–H groups in total. The first-order valence-electron chi connectivity index (χ1n) is 5.73. The fraction of sp³-hybridized carbons (Fsp3) is 0.182. The molecular formula is C11H9ClF3N5OS. The number of hydrogen-bond acceptors (Lipinski definition) is 5. The molecule has 118 valence electrons. The van der Waals surface area contributed by atoms with Crippen LogP contribution in [0, 0.1) is 0 Å². The van der Waals surface area contributed by atoms with Gasteiger partial charge in [0, 0.05) is 0 Å². The van der Waals surface area contributed by atoms with E-state index in [1.807, 2.05) is 0 Å². The van der Waals surface area contributed by atoms with Crippen molar-refractivity contribution >= 4 is 40.9 Å². The Morgan fingerprint density at radius 3 is 2.73 bits per heavy atom. The zero-order chi connectivity index (χ0) is 16.3. The average Bonchev–Trinajstić information content (AvgIpc) is 2.83. The summed E-state index contributed by atoms with van der Waals surface area (Å²) in [7, 11) is 0. The van der Waals surface area contributed by atoms with Crippen molar-refractivity contribution < 1.29 is 18.0 Å². The molecule has 1 amide bonds. The molecule has 2 rings (SSSR count). The maximum absolute atomic E-state index is 12.5. The van der Waals surface area contributed by atoms with Crippen LogP contribution in [-0.4, -0.2) is 26.8 Å². The molecule has 0 aliphatic heterocycles. The summed E-state index contributed by atoms with van der Waals surface area (Å²) >= 11 is 6.75. The van der Waals surface area contributed by atoms with Crippen LogP contribution in [0.1, 0.15) is 5.56 Å². The third-order valence-electron chi connectivity index (χ3n) is 2.39. The second-order valence-corrected chi connectivity index (χ2v) is 5.38. The summed E-state index contributed by atoms with van der Waals surface area (Å²) in [6.07, 6.45) is -4.49. The molecule has 0 fully saturated rings. The lowest BCUT2D eigenvalue weighted by Crippen LogP contribution is -2.15. The van der Waals surface area contributed by atoms with E-state index in [4.69, 9.17) is 17.3 Å². The summed E-state index contributed by atoms with van der Waals surface area (Å²) in [6.45, 7) is 0. The fourth-order valence-electron chi connectivity index (χ4n) is 1.43. The van der Waals surface area contributed by atoms with Crippen LogP contribution in [0.15, 0.2) is 23.4 Å². The Morgan fingerprint density at radius 2 is 2.18 bits per heavy atom. The number of aromatic nitrogens is 3. The highest BCUT2D eigenvalue weighted by atomic mass is 35.5. The van der Waals surface area contributed by atoms with Gasteiger partial charge in [0.25, 0.3) is 0 Å². The van der Waals surface area contributed by atoms with Crippen LogP contribution >= 0.6 is 23.4 Å². The summed E-state index contributed by atoms with van der Waals surface area (Å²) in [5, 5.41) is 8.62. The molecule has 1 aromatic heterocycles. The average molecular weight is 352 g/mol. The number of carbonyl (C=O) groups excluding carboxylic acids is 1. The largest absolute Gasteiger partial charge is 0.416 e. The molecule has 0 atom stereocenters. The van der Waals surface area contributed by atoms with Crippen molar-refractivity contribution in [3.05, 3.63) is 28.8 Å². The van der Waals surface area contributed by atoms with Gasteiger partial charge in [-0.1, -0.05) is 23.4 Å². The van der Waals surface area contributed by atoms with E-state index in [-0.39, 0.29) is 27.6 Å². The Morgan fingerprint density at radius 1 is 1.45 bits per heavy atom. The van der Waals surface area contributed by atoms with Gasteiger partial charge < -0.3 is 11.1 Å². The van der Waals surface area contributed by atoms with Crippen molar-refractivity contribution in [2.75, 3.05) is 16.8 Å². The maximum atomic E-state index is 12.5. The molecule has 0 unspecified atom stereocenters. The van der Waals surface area contributed by atoms with E-state index in [9.17, 15) is 18.0 Å². The maximum Gasteiger partial charge on any atom is 0.416 e. The van der Waals surface area contributed by atoms with Crippen LogP contribution in [0.5, 0.6) is 0 Å². The fourth-order valence-corrected chi connectivity index (χ4v) is 2.27. The number of benzene rings is 1. The number of aromatic amines is 1. The minimum Gasteiger partial charge on any atom is -0.368 e. The van der Waals surface area contributed by atoms with Crippen LogP contribution in [0.2, 0.25) is 5.02 Å². The minimum atomic E-state index is -4.49. The first kappa shape index (κ1) is 16.4. The Balaban J connectivity index is 1.96. The number of nitrogens with two attached hydrogens (primary N) is 1. The molecule has 1 aromatic carbocycles. The van der Waals surface area contributed by atoms with Crippen molar-refractivity contribution in [2.45, 2.75) is 11.3 Å². The standard InChI is InChI=1S/C11H9ClF3N5OS/c12-6-3-5(11(13,14)15)1-2-7(6)17-8(21)4-22-10-18-9(16)19-20-10/h1-3H,4H2,(H,17,21)(H3,16,18,19,20). The Labute approximate surface area is 131 Å². The molecule has 1 heterocycles. The third kappa shape index (κ3) is 4.28. The monoisotopic (exact) mass is 351 g/mol. The highest BCUT2D eigenvalue weighted by Gasteiger charge is 2.30. The molecule has 0 saturated heterocycles. The molecule has 22 heavy (non-hydrogen) atoms. The van der Waals surface area contributed by atoms with Gasteiger partial charge in [-0.25, -0.2) is 5.10 Å². The van der Waals surface area contributed by atoms with Gasteiger partial charge >= 0.3 is 6.18 Å². The van der Waals surface area contributed by atoms with Gasteiger partial charge in [-0.05, 0) is 18.2 Å². The van der Waals surface area contributed by atoms with E-state index in [1.165, 1.54) is 0 Å². The number of hydrogen-bond donors (Lipinski definition) is 3. The van der Waals surface area contributed by atoms with Gasteiger partial charge in [0.1, 0.15) is 0 Å². The molecule has 0 spiro atoms. The molecule has 6 nitrogen and oxygen atoms in total. The number of amides is 1. The lowest BCUT2D eigenvalue weighted by molar-refractivity contribution is -0.137. The zero-order valence-electron chi connectivity index (χ0n) is 10.7. The number of carbonyl (C=O) groups is 1. The third-order valence-corrected chi connectivity index (χ3v) is 3.55.